The average Bonchev–Trinajstić information content (AvgIpc) is 2.48. The Morgan fingerprint density at radius 2 is 1.71 bits per heavy atom. The van der Waals surface area contributed by atoms with Crippen molar-refractivity contribution >= 4 is 17.1 Å². The second kappa shape index (κ2) is 6.30. The summed E-state index contributed by atoms with van der Waals surface area (Å²) in [5, 5.41) is 2.94. The van der Waals surface area contributed by atoms with Crippen molar-refractivity contribution in [2.75, 3.05) is 25.3 Å². The van der Waals surface area contributed by atoms with Gasteiger partial charge in [0, 0.05) is 28.7 Å². The molecule has 0 radical (unpaired) electrons. The van der Waals surface area contributed by atoms with E-state index >= 15 is 0 Å². The Morgan fingerprint density at radius 1 is 1.00 bits per heavy atom. The Labute approximate surface area is 121 Å². The van der Waals surface area contributed by atoms with Crippen LogP contribution in [0.15, 0.2) is 36.4 Å². The lowest BCUT2D eigenvalue weighted by Gasteiger charge is -2.14. The molecule has 0 saturated heterocycles. The first-order chi connectivity index (χ1) is 10.0. The van der Waals surface area contributed by atoms with Crippen LogP contribution >= 0.6 is 0 Å². The number of benzene rings is 2. The summed E-state index contributed by atoms with van der Waals surface area (Å²) in [5.74, 6) is 1.07. The standard InChI is InChI=1S/C15H16F2N2O2/c1-20-13-6-4-10(8-14(13)21-2)19-12-5-3-9(18)7-11(12)15(16)17/h3-8,15,19H,18H2,1-2H3. The third kappa shape index (κ3) is 3.34. The van der Waals surface area contributed by atoms with E-state index in [0.29, 0.717) is 28.6 Å². The Balaban J connectivity index is 2.34. The zero-order chi connectivity index (χ0) is 15.4. The van der Waals surface area contributed by atoms with Crippen molar-refractivity contribution in [2.24, 2.45) is 0 Å². The molecule has 0 aliphatic heterocycles. The molecule has 2 aromatic rings. The molecule has 0 atom stereocenters. The summed E-state index contributed by atoms with van der Waals surface area (Å²) < 4.78 is 36.4. The van der Waals surface area contributed by atoms with E-state index in [1.165, 1.54) is 26.4 Å². The van der Waals surface area contributed by atoms with Crippen LogP contribution in [0.2, 0.25) is 0 Å². The SMILES string of the molecule is COc1ccc(Nc2ccc(N)cc2C(F)F)cc1OC. The van der Waals surface area contributed by atoms with Gasteiger partial charge < -0.3 is 20.5 Å². The molecule has 0 unspecified atom stereocenters. The quantitative estimate of drug-likeness (QED) is 0.819. The lowest BCUT2D eigenvalue weighted by atomic mass is 10.1. The number of halogens is 2. The molecule has 0 spiro atoms. The van der Waals surface area contributed by atoms with E-state index in [2.05, 4.69) is 5.32 Å². The maximum absolute atomic E-state index is 13.0. The molecule has 2 rings (SSSR count). The summed E-state index contributed by atoms with van der Waals surface area (Å²) in [7, 11) is 3.04. The zero-order valence-corrected chi connectivity index (χ0v) is 11.7. The molecule has 0 bridgehead atoms. The number of anilines is 3. The third-order valence-corrected chi connectivity index (χ3v) is 2.97. The van der Waals surface area contributed by atoms with E-state index in [4.69, 9.17) is 15.2 Å². The first-order valence-corrected chi connectivity index (χ1v) is 6.21. The topological polar surface area (TPSA) is 56.5 Å². The van der Waals surface area contributed by atoms with E-state index in [1.807, 2.05) is 0 Å². The number of methoxy groups -OCH3 is 2. The van der Waals surface area contributed by atoms with Gasteiger partial charge in [0.05, 0.1) is 14.2 Å². The Bertz CT molecular complexity index is 633. The molecule has 4 nitrogen and oxygen atoms in total. The molecule has 0 heterocycles. The molecule has 112 valence electrons. The fourth-order valence-electron chi connectivity index (χ4n) is 1.95. The molecule has 6 heteroatoms. The molecular weight excluding hydrogens is 278 g/mol. The van der Waals surface area contributed by atoms with Crippen LogP contribution in [0, 0.1) is 0 Å². The van der Waals surface area contributed by atoms with E-state index in [0.717, 1.165) is 0 Å². The molecule has 0 amide bonds. The molecular formula is C15H16F2N2O2. The third-order valence-electron chi connectivity index (χ3n) is 2.97. The van der Waals surface area contributed by atoms with Gasteiger partial charge in [0.25, 0.3) is 6.43 Å². The molecule has 0 saturated carbocycles. The van der Waals surface area contributed by atoms with Crippen molar-refractivity contribution in [2.45, 2.75) is 6.43 Å². The monoisotopic (exact) mass is 294 g/mol. The number of ether oxygens (including phenoxy) is 2. The number of nitrogens with two attached hydrogens (primary N) is 1. The summed E-state index contributed by atoms with van der Waals surface area (Å²) in [4.78, 5) is 0. The van der Waals surface area contributed by atoms with Crippen LogP contribution in [0.3, 0.4) is 0 Å². The van der Waals surface area contributed by atoms with Crippen LogP contribution in [0.25, 0.3) is 0 Å². The van der Waals surface area contributed by atoms with Crippen molar-refractivity contribution in [1.82, 2.24) is 0 Å². The van der Waals surface area contributed by atoms with Gasteiger partial charge >= 0.3 is 0 Å². The van der Waals surface area contributed by atoms with Crippen LogP contribution in [0.4, 0.5) is 25.8 Å². The van der Waals surface area contributed by atoms with Gasteiger partial charge in [-0.15, -0.1) is 0 Å². The second-order valence-corrected chi connectivity index (χ2v) is 4.34. The van der Waals surface area contributed by atoms with Crippen LogP contribution < -0.4 is 20.5 Å². The van der Waals surface area contributed by atoms with E-state index in [9.17, 15) is 8.78 Å². The average molecular weight is 294 g/mol. The molecule has 2 aromatic carbocycles. The lowest BCUT2D eigenvalue weighted by Crippen LogP contribution is -1.99. The van der Waals surface area contributed by atoms with Gasteiger partial charge in [-0.1, -0.05) is 0 Å². The predicted molar refractivity (Wildman–Crippen MR) is 78.6 cm³/mol. The largest absolute Gasteiger partial charge is 0.493 e. The fraction of sp³-hybridized carbons (Fsp3) is 0.200. The van der Waals surface area contributed by atoms with Gasteiger partial charge in [0.1, 0.15) is 0 Å². The maximum atomic E-state index is 13.0. The minimum absolute atomic E-state index is 0.148. The minimum Gasteiger partial charge on any atom is -0.493 e. The van der Waals surface area contributed by atoms with Gasteiger partial charge in [0.2, 0.25) is 0 Å². The van der Waals surface area contributed by atoms with Crippen molar-refractivity contribution < 1.29 is 18.3 Å². The summed E-state index contributed by atoms with van der Waals surface area (Å²) >= 11 is 0. The van der Waals surface area contributed by atoms with E-state index in [1.54, 1.807) is 24.3 Å². The lowest BCUT2D eigenvalue weighted by molar-refractivity contribution is 0.152. The fourth-order valence-corrected chi connectivity index (χ4v) is 1.95. The summed E-state index contributed by atoms with van der Waals surface area (Å²) in [5.41, 5.74) is 6.60. The first kappa shape index (κ1) is 14.9. The Morgan fingerprint density at radius 3 is 2.33 bits per heavy atom. The van der Waals surface area contributed by atoms with Crippen LogP contribution in [-0.4, -0.2) is 14.2 Å². The normalized spacial score (nSPS) is 10.5. The first-order valence-electron chi connectivity index (χ1n) is 6.21. The van der Waals surface area contributed by atoms with E-state index in [-0.39, 0.29) is 5.56 Å². The highest BCUT2D eigenvalue weighted by Gasteiger charge is 2.14. The van der Waals surface area contributed by atoms with Gasteiger partial charge in [-0.05, 0) is 30.3 Å². The molecule has 0 aliphatic carbocycles. The summed E-state index contributed by atoms with van der Waals surface area (Å²) in [6.07, 6.45) is -2.61. The van der Waals surface area contributed by atoms with E-state index < -0.39 is 6.43 Å². The zero-order valence-electron chi connectivity index (χ0n) is 11.7. The van der Waals surface area contributed by atoms with Crippen LogP contribution in [-0.2, 0) is 0 Å². The van der Waals surface area contributed by atoms with Gasteiger partial charge in [-0.3, -0.25) is 0 Å². The van der Waals surface area contributed by atoms with Crippen molar-refractivity contribution in [1.29, 1.82) is 0 Å². The van der Waals surface area contributed by atoms with Gasteiger partial charge in [-0.2, -0.15) is 0 Å². The molecule has 21 heavy (non-hydrogen) atoms. The van der Waals surface area contributed by atoms with Crippen molar-refractivity contribution in [3.05, 3.63) is 42.0 Å². The highest BCUT2D eigenvalue weighted by Crippen LogP contribution is 2.34. The van der Waals surface area contributed by atoms with Crippen molar-refractivity contribution in [3.8, 4) is 11.5 Å². The number of rotatable bonds is 5. The number of nitrogen functional groups attached to an aromatic ring is 1. The number of hydrogen-bond acceptors (Lipinski definition) is 4. The highest BCUT2D eigenvalue weighted by atomic mass is 19.3. The van der Waals surface area contributed by atoms with Crippen molar-refractivity contribution in [3.63, 3.8) is 0 Å². The van der Waals surface area contributed by atoms with Crippen LogP contribution in [0.5, 0.6) is 11.5 Å². The van der Waals surface area contributed by atoms with Gasteiger partial charge in [0.15, 0.2) is 11.5 Å². The number of nitrogens with one attached hydrogen (secondary N) is 1. The summed E-state index contributed by atoms with van der Waals surface area (Å²) in [6, 6.07) is 9.42. The Hall–Kier alpha value is -2.50. The van der Waals surface area contributed by atoms with Crippen LogP contribution in [0.1, 0.15) is 12.0 Å². The molecule has 0 fully saturated rings. The summed E-state index contributed by atoms with van der Waals surface area (Å²) in [6.45, 7) is 0. The molecule has 0 aliphatic rings. The Kier molecular flexibility index (Phi) is 4.47. The number of alkyl halides is 2. The number of hydrogen-bond donors (Lipinski definition) is 2. The smallest absolute Gasteiger partial charge is 0.265 e. The van der Waals surface area contributed by atoms with Gasteiger partial charge in [-0.25, -0.2) is 8.78 Å². The second-order valence-electron chi connectivity index (χ2n) is 4.34. The molecule has 0 aromatic heterocycles. The maximum Gasteiger partial charge on any atom is 0.265 e. The molecule has 3 N–H and O–H groups in total. The highest BCUT2D eigenvalue weighted by molar-refractivity contribution is 5.68. The predicted octanol–water partition coefficient (Wildman–Crippen LogP) is 3.97. The minimum atomic E-state index is -2.61.